The van der Waals surface area contributed by atoms with Crippen molar-refractivity contribution in [1.29, 1.82) is 0 Å². The van der Waals surface area contributed by atoms with Crippen LogP contribution in [0.5, 0.6) is 0 Å². The van der Waals surface area contributed by atoms with Crippen LogP contribution in [0, 0.1) is 11.7 Å². The van der Waals surface area contributed by atoms with E-state index in [1.807, 2.05) is 6.08 Å². The van der Waals surface area contributed by atoms with E-state index in [9.17, 15) is 24.5 Å². The van der Waals surface area contributed by atoms with Gasteiger partial charge in [-0.05, 0) is 49.3 Å². The second-order valence-corrected chi connectivity index (χ2v) is 10.1. The van der Waals surface area contributed by atoms with Gasteiger partial charge >= 0.3 is 5.97 Å². The molecule has 0 amide bonds. The van der Waals surface area contributed by atoms with Crippen molar-refractivity contribution >= 4 is 23.3 Å². The molecule has 0 bridgehead atoms. The minimum atomic E-state index is -0.554. The number of rotatable bonds is 14. The lowest BCUT2D eigenvalue weighted by atomic mass is 9.96. The van der Waals surface area contributed by atoms with Gasteiger partial charge in [-0.15, -0.1) is 0 Å². The molecular formula is C26H39FO5S. The zero-order valence-electron chi connectivity index (χ0n) is 19.8. The van der Waals surface area contributed by atoms with Crippen LogP contribution >= 0.6 is 11.8 Å². The highest BCUT2D eigenvalue weighted by molar-refractivity contribution is 8.00. The van der Waals surface area contributed by atoms with Crippen molar-refractivity contribution in [1.82, 2.24) is 0 Å². The zero-order valence-corrected chi connectivity index (χ0v) is 20.6. The van der Waals surface area contributed by atoms with Crippen LogP contribution in [-0.4, -0.2) is 57.7 Å². The van der Waals surface area contributed by atoms with Gasteiger partial charge in [-0.1, -0.05) is 50.8 Å². The number of allylic oxidation sites excluding steroid dienone is 1. The van der Waals surface area contributed by atoms with E-state index in [1.54, 1.807) is 23.9 Å². The van der Waals surface area contributed by atoms with Crippen LogP contribution in [0.15, 0.2) is 30.3 Å². The molecule has 186 valence electrons. The molecule has 3 N–H and O–H groups in total. The first kappa shape index (κ1) is 27.8. The molecule has 0 aliphatic heterocycles. The van der Waals surface area contributed by atoms with Crippen LogP contribution in [0.4, 0.5) is 4.39 Å². The van der Waals surface area contributed by atoms with Crippen molar-refractivity contribution < 1.29 is 29.2 Å². The maximum Gasteiger partial charge on any atom is 0.338 e. The van der Waals surface area contributed by atoms with Crippen molar-refractivity contribution in [2.24, 2.45) is 5.92 Å². The number of aliphatic hydroxyl groups is 3. The van der Waals surface area contributed by atoms with Crippen molar-refractivity contribution in [3.8, 4) is 0 Å². The van der Waals surface area contributed by atoms with E-state index in [1.165, 1.54) is 19.2 Å². The second-order valence-electron chi connectivity index (χ2n) is 8.88. The number of unbranched alkanes of at least 4 members (excludes halogenated alkanes) is 4. The highest BCUT2D eigenvalue weighted by Gasteiger charge is 2.41. The topological polar surface area (TPSA) is 87.0 Å². The lowest BCUT2D eigenvalue weighted by Gasteiger charge is -2.24. The molecule has 1 aromatic carbocycles. The number of hydrogen-bond acceptors (Lipinski definition) is 6. The number of ether oxygens (including phenoxy) is 1. The van der Waals surface area contributed by atoms with Gasteiger partial charge in [-0.2, -0.15) is 11.8 Å². The average Bonchev–Trinajstić information content (AvgIpc) is 3.07. The summed E-state index contributed by atoms with van der Waals surface area (Å²) in [5.74, 6) is -0.238. The predicted octanol–water partition coefficient (Wildman–Crippen LogP) is 4.73. The smallest absolute Gasteiger partial charge is 0.338 e. The fourth-order valence-electron chi connectivity index (χ4n) is 4.42. The van der Waals surface area contributed by atoms with Crippen molar-refractivity contribution in [2.75, 3.05) is 12.9 Å². The zero-order chi connectivity index (χ0) is 24.2. The molecule has 33 heavy (non-hydrogen) atoms. The Kier molecular flexibility index (Phi) is 12.5. The average molecular weight is 483 g/mol. The Labute approximate surface area is 201 Å². The summed E-state index contributed by atoms with van der Waals surface area (Å²) in [5, 5.41) is 31.0. The van der Waals surface area contributed by atoms with E-state index in [0.717, 1.165) is 44.9 Å². The van der Waals surface area contributed by atoms with Gasteiger partial charge in [-0.3, -0.25) is 0 Å². The number of carbonyl (C=O) groups is 1. The fraction of sp³-hybridized carbons (Fsp3) is 0.654. The van der Waals surface area contributed by atoms with Gasteiger partial charge in [-0.25, -0.2) is 9.18 Å². The molecule has 0 saturated heterocycles. The summed E-state index contributed by atoms with van der Waals surface area (Å²) in [7, 11) is 1.32. The van der Waals surface area contributed by atoms with Gasteiger partial charge in [0.25, 0.3) is 0 Å². The van der Waals surface area contributed by atoms with Crippen LogP contribution < -0.4 is 0 Å². The second kappa shape index (κ2) is 14.8. The molecule has 2 rings (SSSR count). The molecule has 3 unspecified atom stereocenters. The summed E-state index contributed by atoms with van der Waals surface area (Å²) >= 11 is 1.58. The van der Waals surface area contributed by atoms with E-state index < -0.39 is 18.2 Å². The van der Waals surface area contributed by atoms with Gasteiger partial charge in [0.1, 0.15) is 5.82 Å². The largest absolute Gasteiger partial charge is 0.465 e. The Balaban J connectivity index is 1.84. The Bertz CT molecular complexity index is 739. The first-order valence-electron chi connectivity index (χ1n) is 12.1. The number of methoxy groups -OCH3 is 1. The number of esters is 1. The number of aliphatic hydroxyl groups excluding tert-OH is 3. The number of halogens is 1. The van der Waals surface area contributed by atoms with E-state index in [-0.39, 0.29) is 23.1 Å². The summed E-state index contributed by atoms with van der Waals surface area (Å²) in [4.78, 5) is 12.1. The van der Waals surface area contributed by atoms with Crippen LogP contribution in [-0.2, 0) is 9.53 Å². The molecule has 0 spiro atoms. The molecule has 0 radical (unpaired) electrons. The van der Waals surface area contributed by atoms with Crippen LogP contribution in [0.25, 0.3) is 5.57 Å². The quantitative estimate of drug-likeness (QED) is 0.202. The van der Waals surface area contributed by atoms with E-state index in [2.05, 4.69) is 6.92 Å². The summed E-state index contributed by atoms with van der Waals surface area (Å²) in [6.07, 6.45) is 7.85. The SMILES string of the molecule is CCCCCC(O)CS[C@H]1C(O)CC(O)[C@@H]1CCCCC=C(C(=O)OC)c1ccc(F)cc1. The Morgan fingerprint density at radius 2 is 1.91 bits per heavy atom. The Hall–Kier alpha value is -1.41. The van der Waals surface area contributed by atoms with Crippen LogP contribution in [0.1, 0.15) is 70.3 Å². The van der Waals surface area contributed by atoms with Crippen LogP contribution in [0.2, 0.25) is 0 Å². The van der Waals surface area contributed by atoms with Gasteiger partial charge in [0, 0.05) is 17.4 Å². The summed E-state index contributed by atoms with van der Waals surface area (Å²) < 4.78 is 18.1. The number of thioether (sulfide) groups is 1. The first-order chi connectivity index (χ1) is 15.9. The molecule has 7 heteroatoms. The lowest BCUT2D eigenvalue weighted by Crippen LogP contribution is -2.27. The fourth-order valence-corrected chi connectivity index (χ4v) is 5.93. The summed E-state index contributed by atoms with van der Waals surface area (Å²) in [6.45, 7) is 2.14. The molecule has 1 saturated carbocycles. The van der Waals surface area contributed by atoms with Crippen molar-refractivity contribution in [2.45, 2.75) is 88.3 Å². The molecule has 0 aromatic heterocycles. The third kappa shape index (κ3) is 9.04. The molecule has 1 aromatic rings. The molecule has 1 aliphatic rings. The Morgan fingerprint density at radius 3 is 2.58 bits per heavy atom. The Morgan fingerprint density at radius 1 is 1.18 bits per heavy atom. The molecule has 5 atom stereocenters. The first-order valence-corrected chi connectivity index (χ1v) is 13.1. The highest BCUT2D eigenvalue weighted by atomic mass is 32.2. The van der Waals surface area contributed by atoms with Crippen LogP contribution in [0.3, 0.4) is 0 Å². The number of carbonyl (C=O) groups excluding carboxylic acids is 1. The third-order valence-electron chi connectivity index (χ3n) is 6.30. The standard InChI is InChI=1S/C26H39FO5S/c1-3-4-6-9-20(28)17-33-25-22(23(29)16-24(25)30)11-8-5-7-10-21(26(31)32-2)18-12-14-19(27)15-13-18/h10,12-15,20,22-25,28-30H,3-9,11,16-17H2,1-2H3/t20?,22-,23?,24?,25+/m0/s1. The maximum atomic E-state index is 13.2. The van der Waals surface area contributed by atoms with Gasteiger partial charge < -0.3 is 20.1 Å². The number of hydrogen-bond donors (Lipinski definition) is 3. The lowest BCUT2D eigenvalue weighted by molar-refractivity contribution is -0.133. The van der Waals surface area contributed by atoms with Gasteiger partial charge in [0.15, 0.2) is 0 Å². The minimum absolute atomic E-state index is 0.00556. The predicted molar refractivity (Wildman–Crippen MR) is 131 cm³/mol. The molecule has 1 aliphatic carbocycles. The maximum absolute atomic E-state index is 13.2. The summed E-state index contributed by atoms with van der Waals surface area (Å²) in [5.41, 5.74) is 1.03. The monoisotopic (exact) mass is 482 g/mol. The highest BCUT2D eigenvalue weighted by Crippen LogP contribution is 2.39. The number of benzene rings is 1. The molecule has 1 fully saturated rings. The molecule has 0 heterocycles. The molecule has 5 nitrogen and oxygen atoms in total. The van der Waals surface area contributed by atoms with E-state index in [0.29, 0.717) is 29.7 Å². The van der Waals surface area contributed by atoms with E-state index >= 15 is 0 Å². The normalized spacial score (nSPS) is 24.1. The van der Waals surface area contributed by atoms with Gasteiger partial charge in [0.05, 0.1) is 31.0 Å². The summed E-state index contributed by atoms with van der Waals surface area (Å²) in [6, 6.07) is 5.76. The minimum Gasteiger partial charge on any atom is -0.465 e. The van der Waals surface area contributed by atoms with E-state index in [4.69, 9.17) is 4.74 Å². The van der Waals surface area contributed by atoms with Crippen molar-refractivity contribution in [3.63, 3.8) is 0 Å². The van der Waals surface area contributed by atoms with Crippen molar-refractivity contribution in [3.05, 3.63) is 41.7 Å². The van der Waals surface area contributed by atoms with Gasteiger partial charge in [0.2, 0.25) is 0 Å². The molecular weight excluding hydrogens is 443 g/mol. The third-order valence-corrected chi connectivity index (χ3v) is 7.93.